The zero-order valence-corrected chi connectivity index (χ0v) is 18.5. The zero-order valence-electron chi connectivity index (χ0n) is 16.1. The highest BCUT2D eigenvalue weighted by molar-refractivity contribution is 7.92. The lowest BCUT2D eigenvalue weighted by atomic mass is 9.87. The molecule has 0 saturated carbocycles. The lowest BCUT2D eigenvalue weighted by Gasteiger charge is -2.19. The molecule has 0 spiro atoms. The zero-order chi connectivity index (χ0) is 21.2. The van der Waals surface area contributed by atoms with Crippen LogP contribution in [0.3, 0.4) is 0 Å². The number of pyridine rings is 1. The molecule has 2 aromatic heterocycles. The number of Topliss-reactive ketones (excluding diaryl/α,β-unsaturated/α-hetero) is 1. The molecule has 2 heterocycles. The summed E-state index contributed by atoms with van der Waals surface area (Å²) >= 11 is 7.37. The van der Waals surface area contributed by atoms with Gasteiger partial charge in [-0.25, -0.2) is 13.4 Å². The van der Waals surface area contributed by atoms with Crippen LogP contribution >= 0.6 is 22.9 Å². The third-order valence-electron chi connectivity index (χ3n) is 4.22. The molecular formula is C20H20ClN3O3S2. The van der Waals surface area contributed by atoms with Gasteiger partial charge in [0, 0.05) is 6.20 Å². The van der Waals surface area contributed by atoms with Crippen molar-refractivity contribution in [2.45, 2.75) is 37.5 Å². The average Bonchev–Trinajstić information content (AvgIpc) is 3.18. The molecule has 0 amide bonds. The number of sulfonamides is 1. The van der Waals surface area contributed by atoms with Gasteiger partial charge in [0.15, 0.2) is 5.78 Å². The summed E-state index contributed by atoms with van der Waals surface area (Å²) in [4.78, 5) is 21.0. The van der Waals surface area contributed by atoms with Crippen LogP contribution in [-0.4, -0.2) is 24.2 Å². The van der Waals surface area contributed by atoms with E-state index < -0.39 is 10.0 Å². The van der Waals surface area contributed by atoms with Crippen molar-refractivity contribution in [2.75, 3.05) is 4.72 Å². The van der Waals surface area contributed by atoms with E-state index in [1.165, 1.54) is 29.7 Å². The van der Waals surface area contributed by atoms with Crippen molar-refractivity contribution in [3.05, 3.63) is 69.3 Å². The second kappa shape index (κ2) is 8.22. The summed E-state index contributed by atoms with van der Waals surface area (Å²) in [7, 11) is -3.83. The van der Waals surface area contributed by atoms with E-state index in [1.54, 1.807) is 29.8 Å². The van der Waals surface area contributed by atoms with Crippen molar-refractivity contribution in [1.29, 1.82) is 0 Å². The lowest BCUT2D eigenvalue weighted by Crippen LogP contribution is -2.16. The van der Waals surface area contributed by atoms with Gasteiger partial charge in [-0.05, 0) is 35.2 Å². The van der Waals surface area contributed by atoms with Crippen molar-refractivity contribution < 1.29 is 13.2 Å². The summed E-state index contributed by atoms with van der Waals surface area (Å²) in [5, 5.41) is 0.292. The Bertz CT molecular complexity index is 1120. The number of hydrogen-bond acceptors (Lipinski definition) is 6. The average molecular weight is 450 g/mol. The molecule has 152 valence electrons. The summed E-state index contributed by atoms with van der Waals surface area (Å²) in [5.74, 6) is -0.0823. The molecule has 0 aliphatic carbocycles. The fourth-order valence-electron chi connectivity index (χ4n) is 2.59. The van der Waals surface area contributed by atoms with Crippen LogP contribution in [0, 0.1) is 0 Å². The first-order valence-electron chi connectivity index (χ1n) is 8.77. The quantitative estimate of drug-likeness (QED) is 0.550. The minimum atomic E-state index is -3.83. The Balaban J connectivity index is 1.81. The molecule has 0 fully saturated rings. The van der Waals surface area contributed by atoms with E-state index in [9.17, 15) is 13.2 Å². The molecule has 0 aliphatic heterocycles. The maximum absolute atomic E-state index is 12.7. The molecule has 3 aromatic rings. The molecule has 0 aliphatic rings. The molecule has 0 atom stereocenters. The molecule has 0 radical (unpaired) electrons. The van der Waals surface area contributed by atoms with Crippen molar-refractivity contribution >= 4 is 44.6 Å². The number of halogens is 1. The number of nitrogens with zero attached hydrogens (tertiary/aromatic N) is 2. The molecule has 0 bridgehead atoms. The highest BCUT2D eigenvalue weighted by Crippen LogP contribution is 2.25. The standard InChI is InChI=1S/C20H20ClN3O3S2/c1-20(2,3)13-4-6-14(7-5-13)29(26,27)24-19-9-8-15(21)16(23-19)10-17(25)18-11-22-12-28-18/h4-9,11-12H,10H2,1-3H3,(H,23,24). The van der Waals surface area contributed by atoms with Crippen LogP contribution in [0.1, 0.15) is 41.7 Å². The van der Waals surface area contributed by atoms with Gasteiger partial charge >= 0.3 is 0 Å². The van der Waals surface area contributed by atoms with Crippen LogP contribution in [0.5, 0.6) is 0 Å². The van der Waals surface area contributed by atoms with Crippen LogP contribution in [-0.2, 0) is 21.9 Å². The maximum Gasteiger partial charge on any atom is 0.263 e. The fraction of sp³-hybridized carbons (Fsp3) is 0.250. The minimum Gasteiger partial charge on any atom is -0.293 e. The highest BCUT2D eigenvalue weighted by atomic mass is 35.5. The first kappa shape index (κ1) is 21.4. The maximum atomic E-state index is 12.7. The van der Waals surface area contributed by atoms with E-state index in [2.05, 4.69) is 35.5 Å². The molecule has 0 unspecified atom stereocenters. The van der Waals surface area contributed by atoms with Crippen LogP contribution in [0.4, 0.5) is 5.82 Å². The lowest BCUT2D eigenvalue weighted by molar-refractivity contribution is 0.0995. The van der Waals surface area contributed by atoms with E-state index in [-0.39, 0.29) is 28.3 Å². The molecule has 3 rings (SSSR count). The number of thiazole rings is 1. The number of carbonyl (C=O) groups excluding carboxylic acids is 1. The second-order valence-corrected chi connectivity index (χ2v) is 10.4. The van der Waals surface area contributed by atoms with Gasteiger partial charge in [0.2, 0.25) is 0 Å². The van der Waals surface area contributed by atoms with E-state index in [1.807, 2.05) is 0 Å². The Hall–Kier alpha value is -2.29. The fourth-order valence-corrected chi connectivity index (χ4v) is 4.32. The van der Waals surface area contributed by atoms with Crippen LogP contribution in [0.2, 0.25) is 5.02 Å². The Kier molecular flexibility index (Phi) is 6.07. The number of nitrogens with one attached hydrogen (secondary N) is 1. The minimum absolute atomic E-state index is 0.0448. The van der Waals surface area contributed by atoms with Gasteiger partial charge in [-0.15, -0.1) is 11.3 Å². The van der Waals surface area contributed by atoms with Crippen molar-refractivity contribution in [1.82, 2.24) is 9.97 Å². The number of carbonyl (C=O) groups is 1. The predicted octanol–water partition coefficient (Wildman–Crippen LogP) is 4.72. The van der Waals surface area contributed by atoms with Gasteiger partial charge in [-0.3, -0.25) is 14.5 Å². The van der Waals surface area contributed by atoms with Crippen molar-refractivity contribution in [2.24, 2.45) is 0 Å². The number of anilines is 1. The number of rotatable bonds is 6. The highest BCUT2D eigenvalue weighted by Gasteiger charge is 2.19. The van der Waals surface area contributed by atoms with Crippen LogP contribution in [0.15, 0.2) is 53.0 Å². The number of benzene rings is 1. The van der Waals surface area contributed by atoms with Crippen LogP contribution < -0.4 is 4.72 Å². The van der Waals surface area contributed by atoms with Gasteiger partial charge in [-0.1, -0.05) is 44.5 Å². The van der Waals surface area contributed by atoms with E-state index in [0.717, 1.165) is 5.56 Å². The molecule has 9 heteroatoms. The van der Waals surface area contributed by atoms with Gasteiger partial charge in [-0.2, -0.15) is 0 Å². The number of aromatic nitrogens is 2. The van der Waals surface area contributed by atoms with Gasteiger partial charge < -0.3 is 0 Å². The molecule has 1 N–H and O–H groups in total. The SMILES string of the molecule is CC(C)(C)c1ccc(S(=O)(=O)Nc2ccc(Cl)c(CC(=O)c3cncs3)n2)cc1. The van der Waals surface area contributed by atoms with E-state index >= 15 is 0 Å². The molecule has 1 aromatic carbocycles. The van der Waals surface area contributed by atoms with E-state index in [0.29, 0.717) is 15.6 Å². The van der Waals surface area contributed by atoms with Crippen molar-refractivity contribution in [3.8, 4) is 0 Å². The summed E-state index contributed by atoms with van der Waals surface area (Å²) in [5.41, 5.74) is 2.82. The first-order chi connectivity index (χ1) is 13.6. The monoisotopic (exact) mass is 449 g/mol. The third-order valence-corrected chi connectivity index (χ3v) is 6.75. The topological polar surface area (TPSA) is 89.0 Å². The summed E-state index contributed by atoms with van der Waals surface area (Å²) in [6.07, 6.45) is 1.44. The van der Waals surface area contributed by atoms with Gasteiger partial charge in [0.05, 0.1) is 32.4 Å². The molecular weight excluding hydrogens is 430 g/mol. The van der Waals surface area contributed by atoms with Crippen LogP contribution in [0.25, 0.3) is 0 Å². The summed E-state index contributed by atoms with van der Waals surface area (Å²) < 4.78 is 27.9. The second-order valence-electron chi connectivity index (χ2n) is 7.47. The normalized spacial score (nSPS) is 12.0. The summed E-state index contributed by atoms with van der Waals surface area (Å²) in [6.45, 7) is 6.17. The van der Waals surface area contributed by atoms with E-state index in [4.69, 9.17) is 11.6 Å². The summed E-state index contributed by atoms with van der Waals surface area (Å²) in [6, 6.07) is 9.70. The largest absolute Gasteiger partial charge is 0.293 e. The molecule has 29 heavy (non-hydrogen) atoms. The van der Waals surface area contributed by atoms with Gasteiger partial charge in [0.1, 0.15) is 5.82 Å². The van der Waals surface area contributed by atoms with Crippen molar-refractivity contribution in [3.63, 3.8) is 0 Å². The predicted molar refractivity (Wildman–Crippen MR) is 115 cm³/mol. The smallest absolute Gasteiger partial charge is 0.263 e. The Morgan fingerprint density at radius 2 is 1.83 bits per heavy atom. The first-order valence-corrected chi connectivity index (χ1v) is 11.5. The number of ketones is 1. The Morgan fingerprint density at radius 1 is 1.14 bits per heavy atom. The molecule has 6 nitrogen and oxygen atoms in total. The third kappa shape index (κ3) is 5.20. The Morgan fingerprint density at radius 3 is 2.41 bits per heavy atom. The van der Waals surface area contributed by atoms with Gasteiger partial charge in [0.25, 0.3) is 10.0 Å². The molecule has 0 saturated heterocycles. The number of hydrogen-bond donors (Lipinski definition) is 1. The Labute approximate surface area is 179 Å².